The van der Waals surface area contributed by atoms with Gasteiger partial charge in [0.15, 0.2) is 0 Å². The van der Waals surface area contributed by atoms with Crippen LogP contribution in [0.4, 0.5) is 0 Å². The first-order valence-electron chi connectivity index (χ1n) is 4.80. The van der Waals surface area contributed by atoms with Crippen LogP contribution in [0.15, 0.2) is 11.4 Å². The number of unbranched alkanes of at least 4 members (excludes halogenated alkanes) is 1. The van der Waals surface area contributed by atoms with Crippen LogP contribution in [-0.2, 0) is 0 Å². The Morgan fingerprint density at radius 1 is 1.25 bits per heavy atom. The molecule has 0 aromatic carbocycles. The van der Waals surface area contributed by atoms with Crippen LogP contribution >= 0.6 is 0 Å². The molecule has 70 valence electrons. The van der Waals surface area contributed by atoms with Gasteiger partial charge in [-0.1, -0.05) is 13.3 Å². The summed E-state index contributed by atoms with van der Waals surface area (Å²) in [6.07, 6.45) is 2.59. The van der Waals surface area contributed by atoms with Crippen molar-refractivity contribution in [1.82, 2.24) is 9.80 Å². The summed E-state index contributed by atoms with van der Waals surface area (Å²) in [6.45, 7) is 8.95. The van der Waals surface area contributed by atoms with Crippen molar-refractivity contribution in [3.8, 4) is 0 Å². The number of rotatable bonds is 3. The fraction of sp³-hybridized carbons (Fsp3) is 0.800. The summed E-state index contributed by atoms with van der Waals surface area (Å²) in [4.78, 5) is 4.77. The van der Waals surface area contributed by atoms with Gasteiger partial charge in [-0.25, -0.2) is 0 Å². The third-order valence-corrected chi connectivity index (χ3v) is 2.73. The third kappa shape index (κ3) is 1.74. The Kier molecular flexibility index (Phi) is 3.01. The van der Waals surface area contributed by atoms with E-state index in [0.717, 1.165) is 6.67 Å². The Balaban J connectivity index is 2.49. The van der Waals surface area contributed by atoms with Crippen molar-refractivity contribution in [3.05, 3.63) is 11.4 Å². The van der Waals surface area contributed by atoms with Gasteiger partial charge in [-0.3, -0.25) is 0 Å². The van der Waals surface area contributed by atoms with E-state index in [-0.39, 0.29) is 0 Å². The van der Waals surface area contributed by atoms with Crippen LogP contribution in [0, 0.1) is 0 Å². The lowest BCUT2D eigenvalue weighted by molar-refractivity contribution is 0.274. The molecule has 0 bridgehead atoms. The van der Waals surface area contributed by atoms with E-state index in [4.69, 9.17) is 0 Å². The summed E-state index contributed by atoms with van der Waals surface area (Å²) in [7, 11) is 2.16. The fourth-order valence-electron chi connectivity index (χ4n) is 1.56. The molecule has 1 aliphatic heterocycles. The zero-order chi connectivity index (χ0) is 9.14. The van der Waals surface area contributed by atoms with Crippen LogP contribution in [-0.4, -0.2) is 30.1 Å². The lowest BCUT2D eigenvalue weighted by Gasteiger charge is -2.20. The third-order valence-electron chi connectivity index (χ3n) is 2.73. The molecule has 1 aliphatic rings. The lowest BCUT2D eigenvalue weighted by atomic mass is 10.3. The molecule has 0 fully saturated rings. The van der Waals surface area contributed by atoms with Crippen molar-refractivity contribution >= 4 is 0 Å². The second kappa shape index (κ2) is 3.83. The summed E-state index contributed by atoms with van der Waals surface area (Å²) in [6, 6.07) is 0. The molecule has 0 aromatic heterocycles. The molecule has 0 aliphatic carbocycles. The highest BCUT2D eigenvalue weighted by molar-refractivity contribution is 5.12. The quantitative estimate of drug-likeness (QED) is 0.637. The molecule has 1 rings (SSSR count). The van der Waals surface area contributed by atoms with Crippen molar-refractivity contribution < 1.29 is 0 Å². The van der Waals surface area contributed by atoms with Gasteiger partial charge >= 0.3 is 0 Å². The zero-order valence-corrected chi connectivity index (χ0v) is 8.72. The standard InChI is InChI=1S/C10H20N2/c1-5-6-7-12-8-11(4)9(2)10(12)3/h5-8H2,1-4H3. The molecule has 0 spiro atoms. The summed E-state index contributed by atoms with van der Waals surface area (Å²) in [5.74, 6) is 0. The molecular formula is C10H20N2. The molecular weight excluding hydrogens is 148 g/mol. The van der Waals surface area contributed by atoms with Crippen molar-refractivity contribution in [2.24, 2.45) is 0 Å². The van der Waals surface area contributed by atoms with Crippen LogP contribution in [0.3, 0.4) is 0 Å². The maximum absolute atomic E-state index is 2.46. The Morgan fingerprint density at radius 3 is 2.33 bits per heavy atom. The number of nitrogens with zero attached hydrogens (tertiary/aromatic N) is 2. The first-order valence-corrected chi connectivity index (χ1v) is 4.80. The van der Waals surface area contributed by atoms with E-state index in [0.29, 0.717) is 0 Å². The maximum Gasteiger partial charge on any atom is 0.0895 e. The van der Waals surface area contributed by atoms with Gasteiger partial charge < -0.3 is 9.80 Å². The highest BCUT2D eigenvalue weighted by Crippen LogP contribution is 2.20. The van der Waals surface area contributed by atoms with Crippen molar-refractivity contribution in [3.63, 3.8) is 0 Å². The van der Waals surface area contributed by atoms with Crippen LogP contribution in [0.2, 0.25) is 0 Å². The average molecular weight is 168 g/mol. The fourth-order valence-corrected chi connectivity index (χ4v) is 1.56. The Hall–Kier alpha value is -0.660. The minimum absolute atomic E-state index is 1.08. The summed E-state index contributed by atoms with van der Waals surface area (Å²) in [5.41, 5.74) is 2.87. The average Bonchev–Trinajstić information content (AvgIpc) is 2.30. The highest BCUT2D eigenvalue weighted by Gasteiger charge is 2.18. The summed E-state index contributed by atoms with van der Waals surface area (Å²) in [5, 5.41) is 0. The predicted molar refractivity (Wildman–Crippen MR) is 52.6 cm³/mol. The number of allylic oxidation sites excluding steroid dienone is 2. The van der Waals surface area contributed by atoms with E-state index in [1.165, 1.54) is 30.8 Å². The highest BCUT2D eigenvalue weighted by atomic mass is 15.4. The smallest absolute Gasteiger partial charge is 0.0895 e. The van der Waals surface area contributed by atoms with E-state index in [2.05, 4.69) is 37.6 Å². The molecule has 0 unspecified atom stereocenters. The van der Waals surface area contributed by atoms with Gasteiger partial charge in [0.1, 0.15) is 0 Å². The molecule has 0 atom stereocenters. The van der Waals surface area contributed by atoms with Gasteiger partial charge in [-0.2, -0.15) is 0 Å². The second-order valence-corrected chi connectivity index (χ2v) is 3.63. The number of hydrogen-bond acceptors (Lipinski definition) is 2. The lowest BCUT2D eigenvalue weighted by Crippen LogP contribution is -2.25. The van der Waals surface area contributed by atoms with Gasteiger partial charge in [-0.05, 0) is 20.3 Å². The molecule has 12 heavy (non-hydrogen) atoms. The van der Waals surface area contributed by atoms with Crippen LogP contribution < -0.4 is 0 Å². The minimum Gasteiger partial charge on any atom is -0.359 e. The Labute approximate surface area is 75.8 Å². The van der Waals surface area contributed by atoms with Crippen LogP contribution in [0.1, 0.15) is 33.6 Å². The first kappa shape index (κ1) is 9.43. The summed E-state index contributed by atoms with van der Waals surface area (Å²) >= 11 is 0. The van der Waals surface area contributed by atoms with Crippen LogP contribution in [0.5, 0.6) is 0 Å². The monoisotopic (exact) mass is 168 g/mol. The van der Waals surface area contributed by atoms with Gasteiger partial charge in [0.25, 0.3) is 0 Å². The van der Waals surface area contributed by atoms with Crippen molar-refractivity contribution in [1.29, 1.82) is 0 Å². The first-order chi connectivity index (χ1) is 5.66. The van der Waals surface area contributed by atoms with E-state index in [1.807, 2.05) is 0 Å². The Morgan fingerprint density at radius 2 is 1.92 bits per heavy atom. The summed E-state index contributed by atoms with van der Waals surface area (Å²) < 4.78 is 0. The van der Waals surface area contributed by atoms with Crippen molar-refractivity contribution in [2.75, 3.05) is 20.3 Å². The molecule has 0 saturated heterocycles. The molecule has 2 nitrogen and oxygen atoms in total. The number of hydrogen-bond donors (Lipinski definition) is 0. The Bertz CT molecular complexity index is 184. The molecule has 1 heterocycles. The van der Waals surface area contributed by atoms with E-state index >= 15 is 0 Å². The molecule has 2 heteroatoms. The van der Waals surface area contributed by atoms with Gasteiger partial charge in [0.05, 0.1) is 6.67 Å². The van der Waals surface area contributed by atoms with E-state index in [9.17, 15) is 0 Å². The predicted octanol–water partition coefficient (Wildman–Crippen LogP) is 2.24. The van der Waals surface area contributed by atoms with E-state index < -0.39 is 0 Å². The molecule has 0 amide bonds. The molecule has 0 N–H and O–H groups in total. The molecule has 0 aromatic rings. The normalized spacial score (nSPS) is 18.0. The molecule has 0 saturated carbocycles. The van der Waals surface area contributed by atoms with Gasteiger partial charge in [0, 0.05) is 25.0 Å². The minimum atomic E-state index is 1.08. The topological polar surface area (TPSA) is 6.48 Å². The maximum atomic E-state index is 2.46. The van der Waals surface area contributed by atoms with E-state index in [1.54, 1.807) is 0 Å². The van der Waals surface area contributed by atoms with Crippen LogP contribution in [0.25, 0.3) is 0 Å². The van der Waals surface area contributed by atoms with Gasteiger partial charge in [0.2, 0.25) is 0 Å². The zero-order valence-electron chi connectivity index (χ0n) is 8.72. The largest absolute Gasteiger partial charge is 0.359 e. The molecule has 0 radical (unpaired) electrons. The SMILES string of the molecule is CCCCN1CN(C)C(C)=C1C. The second-order valence-electron chi connectivity index (χ2n) is 3.63. The van der Waals surface area contributed by atoms with Gasteiger partial charge in [-0.15, -0.1) is 0 Å². The van der Waals surface area contributed by atoms with Crippen molar-refractivity contribution in [2.45, 2.75) is 33.6 Å².